The molecular formula is C13H14BrNO2. The largest absolute Gasteiger partial charge is 0.497 e. The Kier molecular flexibility index (Phi) is 4.23. The average molecular weight is 296 g/mol. The Hall–Kier alpha value is -1.26. The highest BCUT2D eigenvalue weighted by atomic mass is 79.9. The van der Waals surface area contributed by atoms with Crippen LogP contribution >= 0.6 is 15.9 Å². The van der Waals surface area contributed by atoms with E-state index >= 15 is 0 Å². The van der Waals surface area contributed by atoms with Gasteiger partial charge in [0.1, 0.15) is 5.75 Å². The molecule has 0 saturated heterocycles. The zero-order valence-electron chi connectivity index (χ0n) is 9.57. The van der Waals surface area contributed by atoms with Crippen LogP contribution in [0, 0.1) is 0 Å². The molecule has 17 heavy (non-hydrogen) atoms. The first-order chi connectivity index (χ1) is 8.29. The predicted octanol–water partition coefficient (Wildman–Crippen LogP) is 3.34. The van der Waals surface area contributed by atoms with Crippen molar-refractivity contribution in [2.45, 2.75) is 13.1 Å². The van der Waals surface area contributed by atoms with E-state index in [1.54, 1.807) is 19.6 Å². The summed E-state index contributed by atoms with van der Waals surface area (Å²) < 4.78 is 11.3. The summed E-state index contributed by atoms with van der Waals surface area (Å²) in [6.07, 6.45) is 3.42. The number of hydrogen-bond acceptors (Lipinski definition) is 3. The number of rotatable bonds is 5. The molecule has 1 aromatic carbocycles. The Bertz CT molecular complexity index is 468. The van der Waals surface area contributed by atoms with Crippen LogP contribution in [0.3, 0.4) is 0 Å². The Morgan fingerprint density at radius 2 is 2.18 bits per heavy atom. The third-order valence-electron chi connectivity index (χ3n) is 2.48. The van der Waals surface area contributed by atoms with E-state index < -0.39 is 0 Å². The summed E-state index contributed by atoms with van der Waals surface area (Å²) in [5.74, 6) is 0.869. The maximum absolute atomic E-state index is 5.20. The van der Waals surface area contributed by atoms with Gasteiger partial charge in [0.05, 0.1) is 19.6 Å². The quantitative estimate of drug-likeness (QED) is 0.919. The lowest BCUT2D eigenvalue weighted by Gasteiger charge is -2.08. The summed E-state index contributed by atoms with van der Waals surface area (Å²) in [4.78, 5) is 0. The van der Waals surface area contributed by atoms with Gasteiger partial charge in [-0.2, -0.15) is 0 Å². The van der Waals surface area contributed by atoms with Gasteiger partial charge < -0.3 is 14.5 Å². The van der Waals surface area contributed by atoms with Crippen LogP contribution in [-0.2, 0) is 13.1 Å². The smallest absolute Gasteiger partial charge is 0.119 e. The molecule has 1 N–H and O–H groups in total. The monoisotopic (exact) mass is 295 g/mol. The zero-order valence-corrected chi connectivity index (χ0v) is 11.2. The third kappa shape index (κ3) is 3.35. The fourth-order valence-electron chi connectivity index (χ4n) is 1.55. The number of methoxy groups -OCH3 is 1. The molecule has 1 aromatic heterocycles. The molecule has 0 saturated carbocycles. The highest BCUT2D eigenvalue weighted by Crippen LogP contribution is 2.22. The molecule has 2 rings (SSSR count). The summed E-state index contributed by atoms with van der Waals surface area (Å²) in [6, 6.07) is 7.90. The number of ether oxygens (including phenoxy) is 1. The van der Waals surface area contributed by atoms with Gasteiger partial charge in [0, 0.05) is 23.1 Å². The van der Waals surface area contributed by atoms with Crippen molar-refractivity contribution in [2.75, 3.05) is 7.11 Å². The van der Waals surface area contributed by atoms with Gasteiger partial charge in [-0.15, -0.1) is 0 Å². The van der Waals surface area contributed by atoms with Crippen LogP contribution < -0.4 is 10.1 Å². The third-order valence-corrected chi connectivity index (χ3v) is 3.25. The predicted molar refractivity (Wildman–Crippen MR) is 69.9 cm³/mol. The van der Waals surface area contributed by atoms with Crippen molar-refractivity contribution in [1.82, 2.24) is 5.32 Å². The van der Waals surface area contributed by atoms with Crippen molar-refractivity contribution in [1.29, 1.82) is 0 Å². The molecule has 3 nitrogen and oxygen atoms in total. The number of nitrogens with one attached hydrogen (secondary N) is 1. The number of benzene rings is 1. The van der Waals surface area contributed by atoms with E-state index in [0.29, 0.717) is 0 Å². The molecule has 2 aromatic rings. The summed E-state index contributed by atoms with van der Waals surface area (Å²) in [5.41, 5.74) is 2.32. The standard InChI is InChI=1S/C13H14BrNO2/c1-16-12-2-3-13(14)11(6-12)8-15-7-10-4-5-17-9-10/h2-6,9,15H,7-8H2,1H3. The van der Waals surface area contributed by atoms with Crippen molar-refractivity contribution in [3.8, 4) is 5.75 Å². The average Bonchev–Trinajstić information content (AvgIpc) is 2.84. The van der Waals surface area contributed by atoms with E-state index in [9.17, 15) is 0 Å². The molecule has 90 valence electrons. The van der Waals surface area contributed by atoms with E-state index in [1.807, 2.05) is 24.3 Å². The van der Waals surface area contributed by atoms with Crippen LogP contribution in [0.25, 0.3) is 0 Å². The van der Waals surface area contributed by atoms with Crippen LogP contribution in [0.5, 0.6) is 5.75 Å². The van der Waals surface area contributed by atoms with Crippen molar-refractivity contribution in [2.24, 2.45) is 0 Å². The topological polar surface area (TPSA) is 34.4 Å². The molecule has 0 fully saturated rings. The number of hydrogen-bond donors (Lipinski definition) is 1. The molecule has 0 bridgehead atoms. The van der Waals surface area contributed by atoms with Crippen molar-refractivity contribution in [3.63, 3.8) is 0 Å². The normalized spacial score (nSPS) is 10.5. The lowest BCUT2D eigenvalue weighted by molar-refractivity contribution is 0.414. The number of halogens is 1. The minimum atomic E-state index is 0.781. The molecule has 1 heterocycles. The van der Waals surface area contributed by atoms with Gasteiger partial charge in [0.25, 0.3) is 0 Å². The molecule has 0 radical (unpaired) electrons. The van der Waals surface area contributed by atoms with Gasteiger partial charge in [-0.05, 0) is 29.8 Å². The van der Waals surface area contributed by atoms with E-state index in [1.165, 1.54) is 5.56 Å². The minimum Gasteiger partial charge on any atom is -0.497 e. The molecule has 0 aliphatic carbocycles. The van der Waals surface area contributed by atoms with Crippen molar-refractivity contribution in [3.05, 3.63) is 52.4 Å². The summed E-state index contributed by atoms with van der Waals surface area (Å²) in [6.45, 7) is 1.57. The summed E-state index contributed by atoms with van der Waals surface area (Å²) in [5, 5.41) is 3.35. The second-order valence-electron chi connectivity index (χ2n) is 3.69. The maximum atomic E-state index is 5.20. The molecule has 0 amide bonds. The van der Waals surface area contributed by atoms with E-state index in [-0.39, 0.29) is 0 Å². The number of furan rings is 1. The van der Waals surface area contributed by atoms with Gasteiger partial charge in [-0.1, -0.05) is 15.9 Å². The van der Waals surface area contributed by atoms with Gasteiger partial charge in [0.15, 0.2) is 0 Å². The van der Waals surface area contributed by atoms with Gasteiger partial charge >= 0.3 is 0 Å². The Balaban J connectivity index is 1.94. The van der Waals surface area contributed by atoms with Crippen molar-refractivity contribution < 1.29 is 9.15 Å². The maximum Gasteiger partial charge on any atom is 0.119 e. The Morgan fingerprint density at radius 1 is 1.29 bits per heavy atom. The molecule has 4 heteroatoms. The van der Waals surface area contributed by atoms with E-state index in [2.05, 4.69) is 21.2 Å². The lowest BCUT2D eigenvalue weighted by Crippen LogP contribution is -2.12. The first kappa shape index (κ1) is 12.2. The molecule has 0 atom stereocenters. The molecule has 0 spiro atoms. The highest BCUT2D eigenvalue weighted by Gasteiger charge is 2.02. The van der Waals surface area contributed by atoms with Crippen LogP contribution in [0.1, 0.15) is 11.1 Å². The molecule has 0 unspecified atom stereocenters. The van der Waals surface area contributed by atoms with Gasteiger partial charge in [0.2, 0.25) is 0 Å². The van der Waals surface area contributed by atoms with E-state index in [4.69, 9.17) is 9.15 Å². The summed E-state index contributed by atoms with van der Waals surface area (Å²) in [7, 11) is 1.67. The lowest BCUT2D eigenvalue weighted by atomic mass is 10.2. The first-order valence-electron chi connectivity index (χ1n) is 5.34. The van der Waals surface area contributed by atoms with Crippen LogP contribution in [0.15, 0.2) is 45.7 Å². The van der Waals surface area contributed by atoms with Crippen LogP contribution in [-0.4, -0.2) is 7.11 Å². The highest BCUT2D eigenvalue weighted by molar-refractivity contribution is 9.10. The zero-order chi connectivity index (χ0) is 12.1. The van der Waals surface area contributed by atoms with Crippen molar-refractivity contribution >= 4 is 15.9 Å². The van der Waals surface area contributed by atoms with Crippen LogP contribution in [0.2, 0.25) is 0 Å². The molecule has 0 aliphatic heterocycles. The SMILES string of the molecule is COc1ccc(Br)c(CNCc2ccoc2)c1. The summed E-state index contributed by atoms with van der Waals surface area (Å²) >= 11 is 3.52. The minimum absolute atomic E-state index is 0.781. The van der Waals surface area contributed by atoms with Gasteiger partial charge in [-0.3, -0.25) is 0 Å². The fraction of sp³-hybridized carbons (Fsp3) is 0.231. The second kappa shape index (κ2) is 5.89. The molecule has 0 aliphatic rings. The second-order valence-corrected chi connectivity index (χ2v) is 4.55. The Labute approximate surface area is 109 Å². The first-order valence-corrected chi connectivity index (χ1v) is 6.13. The van der Waals surface area contributed by atoms with Crippen LogP contribution in [0.4, 0.5) is 0 Å². The Morgan fingerprint density at radius 3 is 2.88 bits per heavy atom. The molecular weight excluding hydrogens is 282 g/mol. The van der Waals surface area contributed by atoms with Gasteiger partial charge in [-0.25, -0.2) is 0 Å². The van der Waals surface area contributed by atoms with E-state index in [0.717, 1.165) is 28.9 Å². The fourth-order valence-corrected chi connectivity index (χ4v) is 1.94.